The highest BCUT2D eigenvalue weighted by Gasteiger charge is 2.25. The fourth-order valence-corrected chi connectivity index (χ4v) is 2.10. The first-order valence-corrected chi connectivity index (χ1v) is 6.45. The maximum Gasteiger partial charge on any atom is 0.355 e. The molecular formula is C11H17N3O3S. The zero-order valence-electron chi connectivity index (χ0n) is 10.6. The van der Waals surface area contributed by atoms with Gasteiger partial charge in [0.2, 0.25) is 5.91 Å². The van der Waals surface area contributed by atoms with Crippen LogP contribution in [0.3, 0.4) is 0 Å². The van der Waals surface area contributed by atoms with Crippen LogP contribution in [-0.4, -0.2) is 34.1 Å². The Morgan fingerprint density at radius 1 is 1.50 bits per heavy atom. The molecule has 3 N–H and O–H groups in total. The Morgan fingerprint density at radius 3 is 2.67 bits per heavy atom. The number of amides is 1. The van der Waals surface area contributed by atoms with Crippen molar-refractivity contribution in [3.8, 4) is 0 Å². The van der Waals surface area contributed by atoms with Crippen LogP contribution in [0.1, 0.15) is 36.3 Å². The van der Waals surface area contributed by atoms with Crippen LogP contribution in [0.15, 0.2) is 5.38 Å². The molecule has 7 heteroatoms. The summed E-state index contributed by atoms with van der Waals surface area (Å²) < 4.78 is 0. The number of carbonyl (C=O) groups excluding carboxylic acids is 1. The Bertz CT molecular complexity index is 442. The number of aromatic nitrogens is 1. The molecule has 1 aromatic rings. The summed E-state index contributed by atoms with van der Waals surface area (Å²) in [6.45, 7) is 6.44. The van der Waals surface area contributed by atoms with E-state index in [-0.39, 0.29) is 18.1 Å². The average molecular weight is 271 g/mol. The Kier molecular flexibility index (Phi) is 4.80. The number of nitrogens with zero attached hydrogens (tertiary/aromatic N) is 1. The second-order valence-corrected chi connectivity index (χ2v) is 5.21. The van der Waals surface area contributed by atoms with Gasteiger partial charge in [-0.3, -0.25) is 4.79 Å². The van der Waals surface area contributed by atoms with Gasteiger partial charge in [-0.2, -0.15) is 0 Å². The van der Waals surface area contributed by atoms with Crippen molar-refractivity contribution in [1.82, 2.24) is 15.6 Å². The molecule has 0 aliphatic rings. The van der Waals surface area contributed by atoms with Crippen LogP contribution < -0.4 is 10.6 Å². The largest absolute Gasteiger partial charge is 0.476 e. The van der Waals surface area contributed by atoms with Crippen molar-refractivity contribution in [3.63, 3.8) is 0 Å². The lowest BCUT2D eigenvalue weighted by molar-refractivity contribution is -0.126. The number of carboxylic acids is 1. The monoisotopic (exact) mass is 271 g/mol. The Labute approximate surface area is 109 Å². The van der Waals surface area contributed by atoms with Crippen molar-refractivity contribution < 1.29 is 14.7 Å². The first-order chi connectivity index (χ1) is 8.36. The van der Waals surface area contributed by atoms with Crippen molar-refractivity contribution in [1.29, 1.82) is 0 Å². The van der Waals surface area contributed by atoms with Gasteiger partial charge in [-0.05, 0) is 20.4 Å². The summed E-state index contributed by atoms with van der Waals surface area (Å²) in [5, 5.41) is 16.5. The predicted molar refractivity (Wildman–Crippen MR) is 68.7 cm³/mol. The first-order valence-electron chi connectivity index (χ1n) is 5.58. The molecule has 0 aliphatic carbocycles. The van der Waals surface area contributed by atoms with E-state index < -0.39 is 11.5 Å². The molecule has 0 aliphatic heterocycles. The van der Waals surface area contributed by atoms with Crippen LogP contribution in [0.2, 0.25) is 0 Å². The van der Waals surface area contributed by atoms with Gasteiger partial charge in [-0.25, -0.2) is 9.78 Å². The third kappa shape index (κ3) is 3.78. The van der Waals surface area contributed by atoms with Crippen molar-refractivity contribution in [3.05, 3.63) is 16.1 Å². The average Bonchev–Trinajstić information content (AvgIpc) is 2.74. The maximum absolute atomic E-state index is 11.9. The third-order valence-corrected chi connectivity index (χ3v) is 3.21. The third-order valence-electron chi connectivity index (χ3n) is 2.36. The molecule has 0 atom stereocenters. The van der Waals surface area contributed by atoms with Crippen molar-refractivity contribution in [2.24, 2.45) is 0 Å². The molecule has 18 heavy (non-hydrogen) atoms. The van der Waals surface area contributed by atoms with E-state index >= 15 is 0 Å². The number of hydrogen-bond acceptors (Lipinski definition) is 5. The minimum Gasteiger partial charge on any atom is -0.476 e. The lowest BCUT2D eigenvalue weighted by atomic mass is 10.1. The summed E-state index contributed by atoms with van der Waals surface area (Å²) in [5.41, 5.74) is -0.642. The predicted octanol–water partition coefficient (Wildman–Crippen LogP) is 0.846. The fraction of sp³-hybridized carbons (Fsp3) is 0.545. The molecule has 0 saturated heterocycles. The van der Waals surface area contributed by atoms with Crippen LogP contribution >= 0.6 is 11.3 Å². The molecule has 0 radical (unpaired) electrons. The van der Waals surface area contributed by atoms with Gasteiger partial charge in [-0.15, -0.1) is 11.3 Å². The molecule has 0 fully saturated rings. The number of carboxylic acid groups (broad SMARTS) is 1. The van der Waals surface area contributed by atoms with Gasteiger partial charge in [0.05, 0.1) is 12.1 Å². The molecule has 0 aromatic carbocycles. The molecule has 0 saturated carbocycles. The highest BCUT2D eigenvalue weighted by molar-refractivity contribution is 7.09. The van der Waals surface area contributed by atoms with E-state index in [1.54, 1.807) is 13.8 Å². The van der Waals surface area contributed by atoms with E-state index in [4.69, 9.17) is 5.11 Å². The molecule has 0 unspecified atom stereocenters. The van der Waals surface area contributed by atoms with Gasteiger partial charge in [0.1, 0.15) is 5.01 Å². The summed E-state index contributed by atoms with van der Waals surface area (Å²) in [6, 6.07) is 0. The fourth-order valence-electron chi connectivity index (χ4n) is 1.39. The minimum atomic E-state index is -1.06. The molecule has 1 heterocycles. The van der Waals surface area contributed by atoms with Gasteiger partial charge in [-0.1, -0.05) is 6.92 Å². The number of aromatic carboxylic acids is 1. The number of rotatable bonds is 6. The normalized spacial score (nSPS) is 11.3. The highest BCUT2D eigenvalue weighted by atomic mass is 32.1. The van der Waals surface area contributed by atoms with Gasteiger partial charge >= 0.3 is 5.97 Å². The Morgan fingerprint density at radius 2 is 2.17 bits per heavy atom. The number of hydrogen-bond donors (Lipinski definition) is 3. The van der Waals surface area contributed by atoms with E-state index in [2.05, 4.69) is 15.6 Å². The van der Waals surface area contributed by atoms with Crippen LogP contribution in [-0.2, 0) is 11.3 Å². The lowest BCUT2D eigenvalue weighted by Crippen LogP contribution is -2.52. The molecule has 1 aromatic heterocycles. The van der Waals surface area contributed by atoms with E-state index in [1.807, 2.05) is 6.92 Å². The van der Waals surface area contributed by atoms with Gasteiger partial charge in [0.25, 0.3) is 0 Å². The standard InChI is InChI=1S/C11H17N3O3S/c1-4-13-11(2,3)10(17)12-5-8-14-7(6-18-8)9(15)16/h6,13H,4-5H2,1-3H3,(H,12,17)(H,15,16). The molecule has 0 bridgehead atoms. The first kappa shape index (κ1) is 14.6. The number of likely N-dealkylation sites (N-methyl/N-ethyl adjacent to an activating group) is 1. The van der Waals surface area contributed by atoms with Crippen molar-refractivity contribution in [2.45, 2.75) is 32.9 Å². The SMILES string of the molecule is CCNC(C)(C)C(=O)NCc1nc(C(=O)O)cs1. The van der Waals surface area contributed by atoms with E-state index in [0.29, 0.717) is 11.6 Å². The van der Waals surface area contributed by atoms with Crippen molar-refractivity contribution >= 4 is 23.2 Å². The lowest BCUT2D eigenvalue weighted by Gasteiger charge is -2.24. The molecule has 1 amide bonds. The van der Waals surface area contributed by atoms with Crippen LogP contribution in [0.5, 0.6) is 0 Å². The maximum atomic E-state index is 11.9. The van der Waals surface area contributed by atoms with Crippen molar-refractivity contribution in [2.75, 3.05) is 6.54 Å². The van der Waals surface area contributed by atoms with Gasteiger partial charge in [0.15, 0.2) is 5.69 Å². The summed E-state index contributed by atoms with van der Waals surface area (Å²) in [4.78, 5) is 26.4. The Balaban J connectivity index is 2.54. The summed E-state index contributed by atoms with van der Waals surface area (Å²) >= 11 is 1.22. The van der Waals surface area contributed by atoms with Crippen LogP contribution in [0, 0.1) is 0 Å². The van der Waals surface area contributed by atoms with Crippen LogP contribution in [0.4, 0.5) is 0 Å². The smallest absolute Gasteiger partial charge is 0.355 e. The zero-order chi connectivity index (χ0) is 13.8. The number of thiazole rings is 1. The molecule has 1 rings (SSSR count). The summed E-state index contributed by atoms with van der Waals surface area (Å²) in [6.07, 6.45) is 0. The molecule has 6 nitrogen and oxygen atoms in total. The van der Waals surface area contributed by atoms with Crippen LogP contribution in [0.25, 0.3) is 0 Å². The van der Waals surface area contributed by atoms with E-state index in [0.717, 1.165) is 0 Å². The van der Waals surface area contributed by atoms with Gasteiger partial charge < -0.3 is 15.7 Å². The number of carbonyl (C=O) groups is 2. The zero-order valence-corrected chi connectivity index (χ0v) is 11.4. The summed E-state index contributed by atoms with van der Waals surface area (Å²) in [5.74, 6) is -1.20. The molecule has 0 spiro atoms. The summed E-state index contributed by atoms with van der Waals surface area (Å²) in [7, 11) is 0. The molecule has 100 valence electrons. The number of nitrogens with one attached hydrogen (secondary N) is 2. The quantitative estimate of drug-likeness (QED) is 0.713. The van der Waals surface area contributed by atoms with E-state index in [1.165, 1.54) is 16.7 Å². The highest BCUT2D eigenvalue weighted by Crippen LogP contribution is 2.10. The topological polar surface area (TPSA) is 91.3 Å². The molecular weight excluding hydrogens is 254 g/mol. The van der Waals surface area contributed by atoms with Gasteiger partial charge in [0, 0.05) is 5.38 Å². The second-order valence-electron chi connectivity index (χ2n) is 4.27. The second kappa shape index (κ2) is 5.92. The Hall–Kier alpha value is -1.47. The minimum absolute atomic E-state index is 0.00944. The van der Waals surface area contributed by atoms with E-state index in [9.17, 15) is 9.59 Å².